The molecule has 0 unspecified atom stereocenters. The standard InChI is InChI=1S/C19H21BrClN3O4/c1-19(2,3)28-18(26)23-4-5-24-10(8-23)9-27-13-7-22-12-6-11(20)15(21)17(25)14(12)16(13)24/h6-7,10,25H,4-5,8-9H2,1-3H3/t10-/m1/s1. The number of rotatable bonds is 0. The van der Waals surface area contributed by atoms with Crippen LogP contribution < -0.4 is 9.64 Å². The van der Waals surface area contributed by atoms with Crippen LogP contribution in [0.1, 0.15) is 20.8 Å². The van der Waals surface area contributed by atoms with Crippen LogP contribution in [0.3, 0.4) is 0 Å². The van der Waals surface area contributed by atoms with E-state index in [1.165, 1.54) is 0 Å². The molecular formula is C19H21BrClN3O4. The number of phenols is 1. The van der Waals surface area contributed by atoms with Gasteiger partial charge in [-0.25, -0.2) is 4.79 Å². The van der Waals surface area contributed by atoms with Crippen molar-refractivity contribution in [3.05, 3.63) is 21.8 Å². The maximum atomic E-state index is 12.5. The minimum Gasteiger partial charge on any atom is -0.506 e. The van der Waals surface area contributed by atoms with Crippen molar-refractivity contribution in [1.29, 1.82) is 0 Å². The summed E-state index contributed by atoms with van der Waals surface area (Å²) < 4.78 is 12.0. The Labute approximate surface area is 176 Å². The number of anilines is 1. The largest absolute Gasteiger partial charge is 0.506 e. The Morgan fingerprint density at radius 3 is 2.89 bits per heavy atom. The first-order chi connectivity index (χ1) is 13.2. The summed E-state index contributed by atoms with van der Waals surface area (Å²) in [5, 5.41) is 11.5. The van der Waals surface area contributed by atoms with Crippen LogP contribution >= 0.6 is 27.5 Å². The monoisotopic (exact) mass is 469 g/mol. The number of carbonyl (C=O) groups is 1. The fourth-order valence-electron chi connectivity index (χ4n) is 3.61. The third kappa shape index (κ3) is 3.33. The van der Waals surface area contributed by atoms with Crippen molar-refractivity contribution in [2.24, 2.45) is 0 Å². The second-order valence-electron chi connectivity index (χ2n) is 7.97. The summed E-state index contributed by atoms with van der Waals surface area (Å²) >= 11 is 9.59. The van der Waals surface area contributed by atoms with E-state index < -0.39 is 5.60 Å². The quantitative estimate of drug-likeness (QED) is 0.623. The Bertz CT molecular complexity index is 963. The van der Waals surface area contributed by atoms with Gasteiger partial charge in [0.25, 0.3) is 0 Å². The van der Waals surface area contributed by atoms with Crippen LogP contribution in [-0.2, 0) is 4.74 Å². The smallest absolute Gasteiger partial charge is 0.410 e. The third-order valence-electron chi connectivity index (χ3n) is 4.82. The normalized spacial score (nSPS) is 19.1. The molecule has 3 heterocycles. The predicted molar refractivity (Wildman–Crippen MR) is 111 cm³/mol. The molecule has 1 atom stereocenters. The SMILES string of the molecule is CC(C)(C)OC(=O)N1CCN2c3c(cnc4cc(Br)c(Cl)c(O)c34)OC[C@H]2C1. The Morgan fingerprint density at radius 1 is 1.43 bits per heavy atom. The third-order valence-corrected chi connectivity index (χ3v) is 6.05. The van der Waals surface area contributed by atoms with Crippen molar-refractivity contribution in [2.75, 3.05) is 31.1 Å². The molecule has 0 saturated carbocycles. The van der Waals surface area contributed by atoms with E-state index in [-0.39, 0.29) is 22.9 Å². The lowest BCUT2D eigenvalue weighted by Gasteiger charge is -2.45. The van der Waals surface area contributed by atoms with Crippen molar-refractivity contribution >= 4 is 50.2 Å². The number of nitrogens with zero attached hydrogens (tertiary/aromatic N) is 3. The van der Waals surface area contributed by atoms with E-state index in [0.717, 1.165) is 5.69 Å². The van der Waals surface area contributed by atoms with E-state index >= 15 is 0 Å². The maximum Gasteiger partial charge on any atom is 0.410 e. The first kappa shape index (κ1) is 19.4. The van der Waals surface area contributed by atoms with E-state index in [4.69, 9.17) is 21.1 Å². The zero-order valence-corrected chi connectivity index (χ0v) is 18.2. The molecule has 7 nitrogen and oxygen atoms in total. The van der Waals surface area contributed by atoms with Crippen LogP contribution in [0.2, 0.25) is 5.02 Å². The van der Waals surface area contributed by atoms with Crippen molar-refractivity contribution in [1.82, 2.24) is 9.88 Å². The highest BCUT2D eigenvalue weighted by molar-refractivity contribution is 9.10. The van der Waals surface area contributed by atoms with Gasteiger partial charge in [-0.2, -0.15) is 0 Å². The summed E-state index contributed by atoms with van der Waals surface area (Å²) in [7, 11) is 0. The second-order valence-corrected chi connectivity index (χ2v) is 9.20. The van der Waals surface area contributed by atoms with Crippen LogP contribution in [0.25, 0.3) is 10.9 Å². The minimum absolute atomic E-state index is 0.0331. The zero-order chi connectivity index (χ0) is 20.2. The summed E-state index contributed by atoms with van der Waals surface area (Å²) in [5.74, 6) is 0.567. The van der Waals surface area contributed by atoms with Crippen molar-refractivity contribution in [2.45, 2.75) is 32.4 Å². The predicted octanol–water partition coefficient (Wildman–Crippen LogP) is 4.17. The highest BCUT2D eigenvalue weighted by Crippen LogP contribution is 2.47. The fourth-order valence-corrected chi connectivity index (χ4v) is 4.16. The molecule has 1 aromatic carbocycles. The van der Waals surface area contributed by atoms with Gasteiger partial charge in [0.1, 0.15) is 18.0 Å². The molecule has 28 heavy (non-hydrogen) atoms. The molecule has 0 aliphatic carbocycles. The Hall–Kier alpha value is -1.93. The zero-order valence-electron chi connectivity index (χ0n) is 15.8. The fraction of sp³-hybridized carbons (Fsp3) is 0.474. The molecule has 2 aromatic rings. The van der Waals surface area contributed by atoms with Crippen LogP contribution in [0.15, 0.2) is 16.7 Å². The average Bonchev–Trinajstić information content (AvgIpc) is 2.63. The van der Waals surface area contributed by atoms with Gasteiger partial charge >= 0.3 is 6.09 Å². The number of aromatic hydroxyl groups is 1. The van der Waals surface area contributed by atoms with E-state index in [0.29, 0.717) is 47.4 Å². The van der Waals surface area contributed by atoms with Gasteiger partial charge in [-0.05, 0) is 42.8 Å². The number of benzene rings is 1. The Kier molecular flexibility index (Phi) is 4.74. The molecule has 9 heteroatoms. The molecule has 0 bridgehead atoms. The molecule has 0 radical (unpaired) electrons. The number of amides is 1. The molecule has 2 aliphatic rings. The molecular weight excluding hydrogens is 450 g/mol. The Balaban J connectivity index is 1.69. The van der Waals surface area contributed by atoms with E-state index in [1.807, 2.05) is 20.8 Å². The van der Waals surface area contributed by atoms with Gasteiger partial charge in [-0.15, -0.1) is 0 Å². The summed E-state index contributed by atoms with van der Waals surface area (Å²) in [5.41, 5.74) is 0.838. The second kappa shape index (κ2) is 6.84. The number of fused-ring (bicyclic) bond motifs is 5. The number of hydrogen-bond acceptors (Lipinski definition) is 6. The van der Waals surface area contributed by atoms with Crippen molar-refractivity contribution in [3.8, 4) is 11.5 Å². The summed E-state index contributed by atoms with van der Waals surface area (Å²) in [4.78, 5) is 20.7. The molecule has 150 valence electrons. The number of piperazine rings is 1. The lowest BCUT2D eigenvalue weighted by atomic mass is 10.0. The summed E-state index contributed by atoms with van der Waals surface area (Å²) in [6.07, 6.45) is 1.33. The topological polar surface area (TPSA) is 75.1 Å². The van der Waals surface area contributed by atoms with Crippen molar-refractivity contribution in [3.63, 3.8) is 0 Å². The molecule has 0 spiro atoms. The molecule has 2 aliphatic heterocycles. The maximum absolute atomic E-state index is 12.5. The van der Waals surface area contributed by atoms with E-state index in [1.54, 1.807) is 17.2 Å². The molecule has 1 N–H and O–H groups in total. The lowest BCUT2D eigenvalue weighted by Crippen LogP contribution is -2.59. The van der Waals surface area contributed by atoms with Gasteiger partial charge in [-0.3, -0.25) is 4.98 Å². The number of phenolic OH excluding ortho intramolecular Hbond substituents is 1. The van der Waals surface area contributed by atoms with Crippen LogP contribution in [0.5, 0.6) is 11.5 Å². The lowest BCUT2D eigenvalue weighted by molar-refractivity contribution is 0.0195. The molecule has 1 saturated heterocycles. The molecule has 1 fully saturated rings. The molecule has 4 rings (SSSR count). The number of pyridine rings is 1. The molecule has 1 amide bonds. The number of aromatic nitrogens is 1. The van der Waals surface area contributed by atoms with Gasteiger partial charge in [0.05, 0.1) is 33.9 Å². The van der Waals surface area contributed by atoms with E-state index in [9.17, 15) is 9.90 Å². The van der Waals surface area contributed by atoms with E-state index in [2.05, 4.69) is 25.8 Å². The summed E-state index contributed by atoms with van der Waals surface area (Å²) in [6.45, 7) is 7.56. The number of ether oxygens (including phenoxy) is 2. The van der Waals surface area contributed by atoms with Gasteiger partial charge in [0.15, 0.2) is 5.75 Å². The number of hydrogen-bond donors (Lipinski definition) is 1. The minimum atomic E-state index is -0.540. The van der Waals surface area contributed by atoms with Crippen LogP contribution in [0.4, 0.5) is 10.5 Å². The van der Waals surface area contributed by atoms with Gasteiger partial charge in [0.2, 0.25) is 0 Å². The number of carbonyl (C=O) groups excluding carboxylic acids is 1. The highest BCUT2D eigenvalue weighted by atomic mass is 79.9. The Morgan fingerprint density at radius 2 is 2.18 bits per heavy atom. The first-order valence-electron chi connectivity index (χ1n) is 9.03. The average molecular weight is 471 g/mol. The number of halogens is 2. The summed E-state index contributed by atoms with van der Waals surface area (Å²) in [6, 6.07) is 1.72. The molecule has 1 aromatic heterocycles. The van der Waals surface area contributed by atoms with Gasteiger partial charge in [0, 0.05) is 24.1 Å². The van der Waals surface area contributed by atoms with Gasteiger partial charge < -0.3 is 24.4 Å². The van der Waals surface area contributed by atoms with Crippen LogP contribution in [-0.4, -0.2) is 59.0 Å². The van der Waals surface area contributed by atoms with Crippen molar-refractivity contribution < 1.29 is 19.4 Å². The van der Waals surface area contributed by atoms with Gasteiger partial charge in [-0.1, -0.05) is 11.6 Å². The highest BCUT2D eigenvalue weighted by Gasteiger charge is 2.38. The first-order valence-corrected chi connectivity index (χ1v) is 10.2. The van der Waals surface area contributed by atoms with Crippen LogP contribution in [0, 0.1) is 0 Å².